The van der Waals surface area contributed by atoms with E-state index < -0.39 is 11.6 Å². The summed E-state index contributed by atoms with van der Waals surface area (Å²) in [6, 6.07) is 4.20. The van der Waals surface area contributed by atoms with E-state index in [-0.39, 0.29) is 24.2 Å². The molecule has 0 bridgehead atoms. The number of para-hydroxylation sites is 1. The van der Waals surface area contributed by atoms with Crippen molar-refractivity contribution < 1.29 is 13.6 Å². The third-order valence-corrected chi connectivity index (χ3v) is 4.37. The number of nitrogens with zero attached hydrogens (tertiary/aromatic N) is 2. The van der Waals surface area contributed by atoms with Crippen LogP contribution in [0.2, 0.25) is 0 Å². The van der Waals surface area contributed by atoms with E-state index >= 15 is 0 Å². The Morgan fingerprint density at radius 1 is 1.20 bits per heavy atom. The molecule has 1 saturated carbocycles. The lowest BCUT2D eigenvalue weighted by Gasteiger charge is -2.21. The van der Waals surface area contributed by atoms with Crippen LogP contribution in [-0.2, 0) is 4.79 Å². The van der Waals surface area contributed by atoms with Crippen molar-refractivity contribution in [3.05, 3.63) is 29.8 Å². The normalized spacial score (nSPS) is 20.5. The second-order valence-corrected chi connectivity index (χ2v) is 6.41. The number of benzene rings is 1. The number of aliphatic imine (C=N–C) groups is 1. The molecule has 1 unspecified atom stereocenters. The summed E-state index contributed by atoms with van der Waals surface area (Å²) in [5, 5.41) is 9.06. The van der Waals surface area contributed by atoms with Gasteiger partial charge in [0.05, 0.1) is 6.54 Å². The van der Waals surface area contributed by atoms with Crippen LogP contribution in [-0.4, -0.2) is 50.6 Å². The fourth-order valence-corrected chi connectivity index (χ4v) is 2.93. The molecule has 136 valence electrons. The van der Waals surface area contributed by atoms with Gasteiger partial charge in [0.1, 0.15) is 17.3 Å². The number of amides is 1. The number of rotatable bonds is 5. The molecule has 0 aromatic heterocycles. The number of nitrogens with one attached hydrogen (secondary N) is 3. The molecule has 1 aromatic carbocycles. The van der Waals surface area contributed by atoms with Gasteiger partial charge >= 0.3 is 0 Å². The number of guanidine groups is 1. The van der Waals surface area contributed by atoms with Gasteiger partial charge < -0.3 is 20.9 Å². The maximum absolute atomic E-state index is 13.9. The maximum Gasteiger partial charge on any atom is 0.239 e. The molecule has 0 radical (unpaired) electrons. The first kappa shape index (κ1) is 17.4. The van der Waals surface area contributed by atoms with Crippen LogP contribution in [0, 0.1) is 11.6 Å². The largest absolute Gasteiger partial charge is 0.365 e. The molecule has 1 saturated heterocycles. The van der Waals surface area contributed by atoms with Crippen molar-refractivity contribution >= 4 is 17.6 Å². The van der Waals surface area contributed by atoms with Gasteiger partial charge in [0.2, 0.25) is 5.91 Å². The number of carbonyl (C=O) groups excluding carboxylic acids is 1. The van der Waals surface area contributed by atoms with Crippen molar-refractivity contribution in [3.63, 3.8) is 0 Å². The Hall–Kier alpha value is -2.38. The quantitative estimate of drug-likeness (QED) is 0.547. The molecule has 2 aliphatic rings. The average molecular weight is 351 g/mol. The minimum absolute atomic E-state index is 0.00306. The highest BCUT2D eigenvalue weighted by molar-refractivity contribution is 5.86. The van der Waals surface area contributed by atoms with Crippen LogP contribution < -0.4 is 20.9 Å². The highest BCUT2D eigenvalue weighted by atomic mass is 19.1. The van der Waals surface area contributed by atoms with Crippen LogP contribution in [0.3, 0.4) is 0 Å². The minimum Gasteiger partial charge on any atom is -0.365 e. The molecule has 8 heteroatoms. The van der Waals surface area contributed by atoms with Gasteiger partial charge in [-0.1, -0.05) is 6.07 Å². The number of hydrogen-bond acceptors (Lipinski definition) is 3. The van der Waals surface area contributed by atoms with Crippen molar-refractivity contribution in [1.82, 2.24) is 16.0 Å². The fraction of sp³-hybridized carbons (Fsp3) is 0.529. The van der Waals surface area contributed by atoms with E-state index in [4.69, 9.17) is 0 Å². The Balaban J connectivity index is 1.50. The predicted octanol–water partition coefficient (Wildman–Crippen LogP) is 0.987. The number of hydrogen-bond donors (Lipinski definition) is 3. The van der Waals surface area contributed by atoms with Crippen LogP contribution >= 0.6 is 0 Å². The highest BCUT2D eigenvalue weighted by Crippen LogP contribution is 2.26. The molecule has 1 aliphatic carbocycles. The summed E-state index contributed by atoms with van der Waals surface area (Å²) in [5.41, 5.74) is 0.0126. The van der Waals surface area contributed by atoms with E-state index in [0.29, 0.717) is 25.1 Å². The molecule has 1 aromatic rings. The molecule has 3 rings (SSSR count). The molecular formula is C17H23F2N5O. The molecule has 1 aliphatic heterocycles. The zero-order valence-corrected chi connectivity index (χ0v) is 14.2. The predicted molar refractivity (Wildman–Crippen MR) is 92.6 cm³/mol. The Morgan fingerprint density at radius 3 is 2.56 bits per heavy atom. The van der Waals surface area contributed by atoms with Crippen LogP contribution in [0.5, 0.6) is 0 Å². The fourth-order valence-electron chi connectivity index (χ4n) is 2.93. The van der Waals surface area contributed by atoms with Gasteiger partial charge in [0, 0.05) is 32.2 Å². The third kappa shape index (κ3) is 4.58. The Bertz CT molecular complexity index is 642. The van der Waals surface area contributed by atoms with Crippen LogP contribution in [0.1, 0.15) is 19.3 Å². The summed E-state index contributed by atoms with van der Waals surface area (Å²) in [7, 11) is 1.62. The van der Waals surface area contributed by atoms with E-state index in [9.17, 15) is 13.6 Å². The van der Waals surface area contributed by atoms with Crippen molar-refractivity contribution in [2.24, 2.45) is 4.99 Å². The van der Waals surface area contributed by atoms with Crippen molar-refractivity contribution in [2.45, 2.75) is 31.3 Å². The summed E-state index contributed by atoms with van der Waals surface area (Å²) < 4.78 is 27.8. The van der Waals surface area contributed by atoms with E-state index in [1.165, 1.54) is 18.2 Å². The van der Waals surface area contributed by atoms with Crippen LogP contribution in [0.15, 0.2) is 23.2 Å². The van der Waals surface area contributed by atoms with Crippen LogP contribution in [0.4, 0.5) is 14.5 Å². The second kappa shape index (κ2) is 7.67. The molecule has 6 nitrogen and oxygen atoms in total. The van der Waals surface area contributed by atoms with E-state index in [2.05, 4.69) is 20.9 Å². The molecule has 1 atom stereocenters. The van der Waals surface area contributed by atoms with E-state index in [1.54, 1.807) is 11.9 Å². The molecule has 2 fully saturated rings. The zero-order valence-electron chi connectivity index (χ0n) is 14.2. The van der Waals surface area contributed by atoms with Crippen molar-refractivity contribution in [2.75, 3.05) is 31.6 Å². The summed E-state index contributed by atoms with van der Waals surface area (Å²) in [4.78, 5) is 17.5. The Labute approximate surface area is 145 Å². The van der Waals surface area contributed by atoms with Gasteiger partial charge in [0.25, 0.3) is 0 Å². The summed E-state index contributed by atoms with van der Waals surface area (Å²) in [5.74, 6) is -0.668. The standard InChI is InChI=1S/C17H23F2N5O/c1-20-17(21-9-15(25)22-11-5-6-11)23-12-7-8-24(10-12)16-13(18)3-2-4-14(16)19/h2-4,11-12H,5-10H2,1H3,(H,22,25)(H2,20,21,23). The van der Waals surface area contributed by atoms with Gasteiger partial charge in [-0.15, -0.1) is 0 Å². The smallest absolute Gasteiger partial charge is 0.239 e. The lowest BCUT2D eigenvalue weighted by Crippen LogP contribution is -2.47. The molecule has 0 spiro atoms. The molecule has 1 amide bonds. The van der Waals surface area contributed by atoms with E-state index in [1.807, 2.05) is 0 Å². The molecular weight excluding hydrogens is 328 g/mol. The highest BCUT2D eigenvalue weighted by Gasteiger charge is 2.27. The van der Waals surface area contributed by atoms with Crippen LogP contribution in [0.25, 0.3) is 0 Å². The first-order valence-electron chi connectivity index (χ1n) is 8.52. The summed E-state index contributed by atoms with van der Waals surface area (Å²) in [6.07, 6.45) is 2.81. The lowest BCUT2D eigenvalue weighted by atomic mass is 10.2. The summed E-state index contributed by atoms with van der Waals surface area (Å²) >= 11 is 0. The maximum atomic E-state index is 13.9. The molecule has 25 heavy (non-hydrogen) atoms. The average Bonchev–Trinajstić information content (AvgIpc) is 3.28. The summed E-state index contributed by atoms with van der Waals surface area (Å²) in [6.45, 7) is 1.16. The van der Waals surface area contributed by atoms with Gasteiger partial charge in [-0.05, 0) is 31.4 Å². The van der Waals surface area contributed by atoms with Gasteiger partial charge in [-0.2, -0.15) is 0 Å². The lowest BCUT2D eigenvalue weighted by molar-refractivity contribution is -0.120. The topological polar surface area (TPSA) is 68.8 Å². The Kier molecular flexibility index (Phi) is 5.35. The SMILES string of the molecule is CN=C(NCC(=O)NC1CC1)NC1CCN(c2c(F)cccc2F)C1. The molecule has 1 heterocycles. The minimum atomic E-state index is -0.556. The number of halogens is 2. The Morgan fingerprint density at radius 2 is 1.92 bits per heavy atom. The number of anilines is 1. The van der Waals surface area contributed by atoms with Crippen molar-refractivity contribution in [3.8, 4) is 0 Å². The van der Waals surface area contributed by atoms with E-state index in [0.717, 1.165) is 19.3 Å². The third-order valence-electron chi connectivity index (χ3n) is 4.37. The number of carbonyl (C=O) groups is 1. The monoisotopic (exact) mass is 351 g/mol. The molecule has 3 N–H and O–H groups in total. The first-order valence-corrected chi connectivity index (χ1v) is 8.52. The van der Waals surface area contributed by atoms with Gasteiger partial charge in [-0.25, -0.2) is 8.78 Å². The van der Waals surface area contributed by atoms with Gasteiger partial charge in [-0.3, -0.25) is 9.79 Å². The second-order valence-electron chi connectivity index (χ2n) is 6.41. The van der Waals surface area contributed by atoms with Gasteiger partial charge in [0.15, 0.2) is 5.96 Å². The first-order chi connectivity index (χ1) is 12.1. The zero-order chi connectivity index (χ0) is 17.8. The van der Waals surface area contributed by atoms with Crippen molar-refractivity contribution in [1.29, 1.82) is 0 Å².